The Hall–Kier alpha value is -4.84. The first kappa shape index (κ1) is 26.1. The fourth-order valence-electron chi connectivity index (χ4n) is 6.55. The van der Waals surface area contributed by atoms with Gasteiger partial charge in [-0.3, -0.25) is 14.8 Å². The van der Waals surface area contributed by atoms with Gasteiger partial charge in [0.25, 0.3) is 11.8 Å². The number of nitrogens with zero attached hydrogens (tertiary/aromatic N) is 5. The van der Waals surface area contributed by atoms with Crippen LogP contribution in [0.3, 0.4) is 0 Å². The van der Waals surface area contributed by atoms with Gasteiger partial charge in [0.1, 0.15) is 11.9 Å². The SMILES string of the molecule is CN1c2ccc(NCC3CCN(c4ncc(C(=O)NO)cn4)CC3)cc2C(=O)N2CCc3c([nH]c4ccc(O)cc34)C21. The molecule has 12 heteroatoms. The second kappa shape index (κ2) is 10.2. The van der Waals surface area contributed by atoms with Gasteiger partial charge in [-0.15, -0.1) is 0 Å². The van der Waals surface area contributed by atoms with Crippen LogP contribution in [0.2, 0.25) is 0 Å². The number of aromatic nitrogens is 3. The van der Waals surface area contributed by atoms with Crippen molar-refractivity contribution in [2.24, 2.45) is 5.92 Å². The molecule has 5 N–H and O–H groups in total. The average molecular weight is 569 g/mol. The Labute approximate surface area is 241 Å². The highest BCUT2D eigenvalue weighted by atomic mass is 16.5. The minimum Gasteiger partial charge on any atom is -0.508 e. The predicted molar refractivity (Wildman–Crippen MR) is 157 cm³/mol. The first-order valence-electron chi connectivity index (χ1n) is 14.2. The highest BCUT2D eigenvalue weighted by Crippen LogP contribution is 2.44. The third kappa shape index (κ3) is 4.35. The zero-order chi connectivity index (χ0) is 29.0. The predicted octanol–water partition coefficient (Wildman–Crippen LogP) is 3.26. The Kier molecular flexibility index (Phi) is 6.34. The van der Waals surface area contributed by atoms with E-state index < -0.39 is 5.91 Å². The van der Waals surface area contributed by atoms with E-state index in [4.69, 9.17) is 5.21 Å². The second-order valence-electron chi connectivity index (χ2n) is 11.2. The molecule has 1 saturated heterocycles. The molecule has 2 aromatic heterocycles. The number of H-pyrrole nitrogens is 1. The van der Waals surface area contributed by atoms with Crippen LogP contribution in [-0.2, 0) is 6.42 Å². The number of hydroxylamine groups is 1. The number of carbonyl (C=O) groups excluding carboxylic acids is 2. The number of rotatable bonds is 5. The number of fused-ring (bicyclic) bond motifs is 6. The van der Waals surface area contributed by atoms with Crippen molar-refractivity contribution in [3.8, 4) is 5.75 Å². The normalized spacial score (nSPS) is 18.5. The van der Waals surface area contributed by atoms with Crippen molar-refractivity contribution in [2.75, 3.05) is 48.3 Å². The lowest BCUT2D eigenvalue weighted by molar-refractivity contribution is 0.0634. The molecule has 4 aromatic rings. The number of phenolic OH excluding ortho intramolecular Hbond substituents is 1. The maximum Gasteiger partial charge on any atom is 0.277 e. The van der Waals surface area contributed by atoms with Crippen LogP contribution >= 0.6 is 0 Å². The van der Waals surface area contributed by atoms with Crippen LogP contribution in [0.25, 0.3) is 10.9 Å². The number of aromatic amines is 1. The largest absolute Gasteiger partial charge is 0.508 e. The van der Waals surface area contributed by atoms with Crippen LogP contribution in [0.15, 0.2) is 48.8 Å². The quantitative estimate of drug-likeness (QED) is 0.181. The Bertz CT molecular complexity index is 1680. The summed E-state index contributed by atoms with van der Waals surface area (Å²) in [6, 6.07) is 11.4. The third-order valence-corrected chi connectivity index (χ3v) is 8.81. The molecule has 1 fully saturated rings. The number of anilines is 3. The van der Waals surface area contributed by atoms with Gasteiger partial charge in [-0.2, -0.15) is 0 Å². The van der Waals surface area contributed by atoms with E-state index in [0.29, 0.717) is 24.0 Å². The number of nitrogens with one attached hydrogen (secondary N) is 3. The van der Waals surface area contributed by atoms with Crippen LogP contribution in [0.4, 0.5) is 17.3 Å². The molecule has 0 radical (unpaired) electrons. The zero-order valence-electron chi connectivity index (χ0n) is 23.2. The van der Waals surface area contributed by atoms with Crippen molar-refractivity contribution in [1.29, 1.82) is 0 Å². The standard InChI is InChI=1S/C30H32N8O4/c1-36-25-5-2-19(31-14-17-6-9-37(10-7-17)30-32-15-18(16-33-30)27(40)35-42)12-23(25)29(41)38-11-8-21-22-13-20(39)3-4-24(22)34-26(21)28(36)38/h2-5,12-13,15-17,28,31,34,39,42H,6-11,14H2,1H3,(H,35,40). The lowest BCUT2D eigenvalue weighted by Crippen LogP contribution is -2.51. The summed E-state index contributed by atoms with van der Waals surface area (Å²) >= 11 is 0. The lowest BCUT2D eigenvalue weighted by Gasteiger charge is -2.46. The maximum absolute atomic E-state index is 13.7. The van der Waals surface area contributed by atoms with Crippen LogP contribution in [0, 0.1) is 5.92 Å². The summed E-state index contributed by atoms with van der Waals surface area (Å²) in [5.74, 6) is 0.664. The van der Waals surface area contributed by atoms with Gasteiger partial charge in [0.05, 0.1) is 22.5 Å². The molecule has 0 spiro atoms. The molecule has 2 aromatic carbocycles. The van der Waals surface area contributed by atoms with Gasteiger partial charge in [-0.25, -0.2) is 15.4 Å². The number of phenols is 1. The van der Waals surface area contributed by atoms with Crippen LogP contribution < -0.4 is 20.6 Å². The maximum atomic E-state index is 13.7. The third-order valence-electron chi connectivity index (χ3n) is 8.81. The summed E-state index contributed by atoms with van der Waals surface area (Å²) in [6.07, 6.45) is 5.25. The Morgan fingerprint density at radius 3 is 2.64 bits per heavy atom. The monoisotopic (exact) mass is 568 g/mol. The van der Waals surface area contributed by atoms with E-state index in [1.807, 2.05) is 36.2 Å². The highest BCUT2D eigenvalue weighted by Gasteiger charge is 2.41. The fourth-order valence-corrected chi connectivity index (χ4v) is 6.55. The van der Waals surface area contributed by atoms with E-state index in [1.165, 1.54) is 12.4 Å². The summed E-state index contributed by atoms with van der Waals surface area (Å²) in [6.45, 7) is 3.01. The molecule has 12 nitrogen and oxygen atoms in total. The number of hydrogen-bond donors (Lipinski definition) is 5. The van der Waals surface area contributed by atoms with Crippen molar-refractivity contribution < 1.29 is 19.9 Å². The number of benzene rings is 2. The van der Waals surface area contributed by atoms with E-state index >= 15 is 0 Å². The fraction of sp³-hybridized carbons (Fsp3) is 0.333. The van der Waals surface area contributed by atoms with Crippen LogP contribution in [0.1, 0.15) is 51.0 Å². The number of aromatic hydroxyl groups is 1. The number of carbonyl (C=O) groups is 2. The summed E-state index contributed by atoms with van der Waals surface area (Å²) in [5, 5.41) is 23.4. The molecular weight excluding hydrogens is 536 g/mol. The minimum atomic E-state index is -0.636. The first-order chi connectivity index (χ1) is 20.4. The van der Waals surface area contributed by atoms with Gasteiger partial charge in [-0.1, -0.05) is 0 Å². The van der Waals surface area contributed by atoms with Gasteiger partial charge < -0.3 is 30.1 Å². The first-order valence-corrected chi connectivity index (χ1v) is 14.2. The summed E-state index contributed by atoms with van der Waals surface area (Å²) in [5.41, 5.74) is 7.45. The molecule has 42 heavy (non-hydrogen) atoms. The molecule has 3 aliphatic rings. The number of amides is 2. The lowest BCUT2D eigenvalue weighted by atomic mass is 9.95. The molecule has 0 saturated carbocycles. The van der Waals surface area contributed by atoms with E-state index in [-0.39, 0.29) is 23.4 Å². The summed E-state index contributed by atoms with van der Waals surface area (Å²) in [7, 11) is 2.03. The van der Waals surface area contributed by atoms with E-state index in [0.717, 1.165) is 72.4 Å². The molecular formula is C30H32N8O4. The smallest absolute Gasteiger partial charge is 0.277 e. The van der Waals surface area contributed by atoms with Gasteiger partial charge in [0.2, 0.25) is 5.95 Å². The molecule has 0 aliphatic carbocycles. The van der Waals surface area contributed by atoms with Crippen molar-refractivity contribution >= 4 is 40.0 Å². The van der Waals surface area contributed by atoms with Crippen molar-refractivity contribution in [1.82, 2.24) is 25.3 Å². The van der Waals surface area contributed by atoms with E-state index in [1.54, 1.807) is 17.6 Å². The average Bonchev–Trinajstić information content (AvgIpc) is 3.40. The Morgan fingerprint density at radius 1 is 1.10 bits per heavy atom. The van der Waals surface area contributed by atoms with Crippen molar-refractivity contribution in [3.05, 3.63) is 71.2 Å². The van der Waals surface area contributed by atoms with Crippen molar-refractivity contribution in [2.45, 2.75) is 25.4 Å². The zero-order valence-corrected chi connectivity index (χ0v) is 23.2. The molecule has 0 bridgehead atoms. The van der Waals surface area contributed by atoms with Gasteiger partial charge in [-0.05, 0) is 67.1 Å². The van der Waals surface area contributed by atoms with Gasteiger partial charge in [0, 0.05) is 62.2 Å². The molecule has 216 valence electrons. The number of piperidine rings is 1. The molecule has 2 amide bonds. The topological polar surface area (TPSA) is 150 Å². The van der Waals surface area contributed by atoms with Gasteiger partial charge >= 0.3 is 0 Å². The highest BCUT2D eigenvalue weighted by molar-refractivity contribution is 6.03. The van der Waals surface area contributed by atoms with Crippen molar-refractivity contribution in [3.63, 3.8) is 0 Å². The van der Waals surface area contributed by atoms with Crippen LogP contribution in [-0.4, -0.2) is 75.2 Å². The molecule has 1 unspecified atom stereocenters. The number of hydrogen-bond acceptors (Lipinski definition) is 9. The Balaban J connectivity index is 1.02. The molecule has 5 heterocycles. The molecule has 7 rings (SSSR count). The van der Waals surface area contributed by atoms with Gasteiger partial charge in [0.15, 0.2) is 0 Å². The van der Waals surface area contributed by atoms with E-state index in [2.05, 4.69) is 30.1 Å². The summed E-state index contributed by atoms with van der Waals surface area (Å²) in [4.78, 5) is 43.5. The summed E-state index contributed by atoms with van der Waals surface area (Å²) < 4.78 is 0. The minimum absolute atomic E-state index is 0.0275. The molecule has 1 atom stereocenters. The Morgan fingerprint density at radius 2 is 1.88 bits per heavy atom. The molecule has 3 aliphatic heterocycles. The van der Waals surface area contributed by atoms with Crippen LogP contribution in [0.5, 0.6) is 5.75 Å². The van der Waals surface area contributed by atoms with E-state index in [9.17, 15) is 14.7 Å². The second-order valence-corrected chi connectivity index (χ2v) is 11.2.